The predicted octanol–water partition coefficient (Wildman–Crippen LogP) is 8.05. The minimum Gasteiger partial charge on any atom is -0.398 e. The van der Waals surface area contributed by atoms with Gasteiger partial charge in [-0.2, -0.15) is 0 Å². The Morgan fingerprint density at radius 2 is 0.672 bits per heavy atom. The van der Waals surface area contributed by atoms with Crippen LogP contribution >= 0.6 is 0 Å². The van der Waals surface area contributed by atoms with Crippen LogP contribution in [-0.4, -0.2) is 21.9 Å². The molecule has 0 unspecified atom stereocenters. The van der Waals surface area contributed by atoms with Gasteiger partial charge in [0.25, 0.3) is 0 Å². The Morgan fingerprint density at radius 3 is 1.03 bits per heavy atom. The van der Waals surface area contributed by atoms with Crippen LogP contribution in [0.2, 0.25) is 0 Å². The molecule has 0 amide bonds. The average Bonchev–Trinajstić information content (AvgIpc) is 3.36. The molecule has 0 aromatic heterocycles. The normalized spacial score (nSPS) is 12.2. The predicted molar refractivity (Wildman–Crippen MR) is 278 cm³/mol. The van der Waals surface area contributed by atoms with E-state index in [9.17, 15) is 0 Å². The fraction of sp³-hybridized carbons (Fsp3) is 0.0500. The van der Waals surface area contributed by atoms with Gasteiger partial charge in [-0.1, -0.05) is 249 Å². The molecular formula is C60H52N2Si2. The number of allylic oxidation sites excluding steroid dienone is 1. The lowest BCUT2D eigenvalue weighted by molar-refractivity contribution is 1.03. The summed E-state index contributed by atoms with van der Waals surface area (Å²) in [5.74, 6) is 0. The van der Waals surface area contributed by atoms with E-state index in [2.05, 4.69) is 269 Å². The summed E-state index contributed by atoms with van der Waals surface area (Å²) in [5.41, 5.74) is 14.6. The summed E-state index contributed by atoms with van der Waals surface area (Å²) in [6, 6.07) is 90.9. The lowest BCUT2D eigenvalue weighted by Gasteiger charge is -2.34. The van der Waals surface area contributed by atoms with Gasteiger partial charge >= 0.3 is 0 Å². The molecule has 2 N–H and O–H groups in total. The molecule has 9 rings (SSSR count). The summed E-state index contributed by atoms with van der Waals surface area (Å²) in [5, 5.41) is 10.5. The van der Waals surface area contributed by atoms with Crippen LogP contribution in [0.5, 0.6) is 0 Å². The van der Waals surface area contributed by atoms with Crippen LogP contribution in [0.4, 0.5) is 0 Å². The second-order valence-electron chi connectivity index (χ2n) is 16.5. The van der Waals surface area contributed by atoms with Gasteiger partial charge in [0.15, 0.2) is 16.1 Å². The zero-order valence-electron chi connectivity index (χ0n) is 36.5. The first kappa shape index (κ1) is 42.0. The van der Waals surface area contributed by atoms with Crippen LogP contribution in [0.3, 0.4) is 0 Å². The van der Waals surface area contributed by atoms with Gasteiger partial charge in [-0.15, -0.1) is 0 Å². The molecule has 4 heteroatoms. The number of nitrogens with zero attached hydrogens (tertiary/aromatic N) is 1. The molecule has 0 atom stereocenters. The smallest absolute Gasteiger partial charge is 0.179 e. The van der Waals surface area contributed by atoms with E-state index >= 15 is 0 Å². The molecule has 310 valence electrons. The lowest BCUT2D eigenvalue weighted by atomic mass is 10.0. The van der Waals surface area contributed by atoms with Crippen LogP contribution in [0.25, 0.3) is 5.70 Å². The van der Waals surface area contributed by atoms with Crippen LogP contribution in [-0.2, 0) is 6.54 Å². The van der Waals surface area contributed by atoms with Crippen molar-refractivity contribution in [3.8, 4) is 0 Å². The van der Waals surface area contributed by atoms with Crippen molar-refractivity contribution in [2.24, 2.45) is 10.7 Å². The quantitative estimate of drug-likeness (QED) is 0.0713. The highest BCUT2D eigenvalue weighted by Crippen LogP contribution is 2.19. The zero-order valence-corrected chi connectivity index (χ0v) is 38.5. The van der Waals surface area contributed by atoms with Gasteiger partial charge in [-0.05, 0) is 89.2 Å². The minimum absolute atomic E-state index is 0.534. The van der Waals surface area contributed by atoms with E-state index in [1.807, 2.05) is 0 Å². The third-order valence-electron chi connectivity index (χ3n) is 12.8. The Balaban J connectivity index is 1.24. The molecule has 0 fully saturated rings. The van der Waals surface area contributed by atoms with Crippen molar-refractivity contribution in [2.45, 2.75) is 20.4 Å². The monoisotopic (exact) mass is 856 g/mol. The summed E-state index contributed by atoms with van der Waals surface area (Å²) in [4.78, 5) is 5.49. The largest absolute Gasteiger partial charge is 0.398 e. The molecule has 2 nitrogen and oxygen atoms in total. The molecule has 64 heavy (non-hydrogen) atoms. The molecule has 9 aromatic rings. The van der Waals surface area contributed by atoms with E-state index in [-0.39, 0.29) is 0 Å². The Kier molecular flexibility index (Phi) is 12.4. The second-order valence-corrected chi connectivity index (χ2v) is 24.1. The van der Waals surface area contributed by atoms with Crippen molar-refractivity contribution in [3.63, 3.8) is 0 Å². The lowest BCUT2D eigenvalue weighted by Crippen LogP contribution is -2.74. The van der Waals surface area contributed by atoms with Gasteiger partial charge in [-0.25, -0.2) is 0 Å². The Morgan fingerprint density at radius 1 is 0.375 bits per heavy atom. The summed E-state index contributed by atoms with van der Waals surface area (Å²) in [6.07, 6.45) is 2.11. The van der Waals surface area contributed by atoms with Crippen molar-refractivity contribution in [1.82, 2.24) is 0 Å². The Labute approximate surface area is 380 Å². The molecule has 0 aliphatic heterocycles. The number of hydrogen-bond acceptors (Lipinski definition) is 2. The van der Waals surface area contributed by atoms with E-state index in [1.165, 1.54) is 58.2 Å². The van der Waals surface area contributed by atoms with Gasteiger partial charge in [0.05, 0.1) is 12.3 Å². The Bertz CT molecular complexity index is 2810. The van der Waals surface area contributed by atoms with Crippen LogP contribution < -0.4 is 47.2 Å². The van der Waals surface area contributed by atoms with E-state index in [0.29, 0.717) is 12.2 Å². The molecule has 9 aromatic carbocycles. The molecular weight excluding hydrogens is 805 g/mol. The third kappa shape index (κ3) is 8.06. The summed E-state index contributed by atoms with van der Waals surface area (Å²) < 4.78 is 0. The highest BCUT2D eigenvalue weighted by atomic mass is 28.3. The first-order valence-corrected chi connectivity index (χ1v) is 26.1. The van der Waals surface area contributed by atoms with Crippen LogP contribution in [0, 0.1) is 13.8 Å². The molecule has 0 spiro atoms. The zero-order chi connectivity index (χ0) is 43.8. The minimum atomic E-state index is -2.81. The number of hydrogen-bond donors (Lipinski definition) is 1. The topological polar surface area (TPSA) is 38.4 Å². The summed E-state index contributed by atoms with van der Waals surface area (Å²) >= 11 is 0. The van der Waals surface area contributed by atoms with Gasteiger partial charge in [-0.3, -0.25) is 4.99 Å². The van der Waals surface area contributed by atoms with Crippen molar-refractivity contribution in [3.05, 3.63) is 283 Å². The Hall–Kier alpha value is -7.38. The first-order chi connectivity index (χ1) is 31.5. The van der Waals surface area contributed by atoms with Gasteiger partial charge in [0.1, 0.15) is 0 Å². The molecule has 0 aliphatic rings. The van der Waals surface area contributed by atoms with Gasteiger partial charge < -0.3 is 5.73 Å². The van der Waals surface area contributed by atoms with E-state index in [1.54, 1.807) is 0 Å². The number of rotatable bonds is 13. The summed E-state index contributed by atoms with van der Waals surface area (Å²) in [6.45, 7) is 4.89. The molecule has 0 saturated heterocycles. The van der Waals surface area contributed by atoms with Crippen LogP contribution in [0.1, 0.15) is 27.8 Å². The van der Waals surface area contributed by atoms with Gasteiger partial charge in [0, 0.05) is 5.70 Å². The standard InChI is InChI=1S/C60H52N2Si2/c1-46-24-21-25-47(2)58(46)45-62-60(49-27-23-41-57(43-49)64(53-34-15-6-16-35-53,54-36-17-7-18-37-54)55-38-19-8-20-39-55)44-59(61)48-26-22-40-56(42-48)63(50-28-9-3-10-29-50,51-30-11-4-12-31-51)52-32-13-5-14-33-52/h3-44H,45,61H2,1-2H3/b59-44-,62-60?. The van der Waals surface area contributed by atoms with E-state index < -0.39 is 16.1 Å². The van der Waals surface area contributed by atoms with Crippen molar-refractivity contribution in [1.29, 1.82) is 0 Å². The third-order valence-corrected chi connectivity index (χ3v) is 22.4. The number of nitrogens with two attached hydrogens (primary N) is 1. The summed E-state index contributed by atoms with van der Waals surface area (Å²) in [7, 11) is -5.60. The van der Waals surface area contributed by atoms with Crippen molar-refractivity contribution in [2.75, 3.05) is 0 Å². The fourth-order valence-electron chi connectivity index (χ4n) is 9.69. The number of benzene rings is 9. The fourth-order valence-corrected chi connectivity index (χ4v) is 19.3. The molecule has 0 bridgehead atoms. The van der Waals surface area contributed by atoms with Gasteiger partial charge in [0.2, 0.25) is 0 Å². The highest BCUT2D eigenvalue weighted by molar-refractivity contribution is 7.20. The van der Waals surface area contributed by atoms with E-state index in [4.69, 9.17) is 10.7 Å². The maximum absolute atomic E-state index is 7.39. The number of aliphatic imine (C=N–C) groups is 1. The molecule has 0 saturated carbocycles. The SMILES string of the molecule is Cc1cccc(C)c1CN=C(/C=C(\N)c1cccc([Si](c2ccccc2)(c2ccccc2)c2ccccc2)c1)c1cccc([Si](c2ccccc2)(c2ccccc2)c2ccccc2)c1. The number of aryl methyl sites for hydroxylation is 2. The van der Waals surface area contributed by atoms with Crippen molar-refractivity contribution >= 4 is 69.1 Å². The highest BCUT2D eigenvalue weighted by Gasteiger charge is 2.42. The maximum atomic E-state index is 7.39. The van der Waals surface area contributed by atoms with E-state index in [0.717, 1.165) is 16.8 Å². The second kappa shape index (κ2) is 18.9. The maximum Gasteiger partial charge on any atom is 0.179 e. The van der Waals surface area contributed by atoms with Crippen LogP contribution in [0.15, 0.2) is 260 Å². The molecule has 0 heterocycles. The molecule has 0 radical (unpaired) electrons. The molecule has 0 aliphatic carbocycles. The van der Waals surface area contributed by atoms with Crippen molar-refractivity contribution < 1.29 is 0 Å². The average molecular weight is 857 g/mol. The first-order valence-electron chi connectivity index (χ1n) is 22.1.